The summed E-state index contributed by atoms with van der Waals surface area (Å²) in [7, 11) is 2.83. The summed E-state index contributed by atoms with van der Waals surface area (Å²) in [5, 5.41) is 0. The monoisotopic (exact) mass is 318 g/mol. The Bertz CT molecular complexity index is 598. The quantitative estimate of drug-likeness (QED) is 0.800. The number of hydrogen-bond donors (Lipinski definition) is 0. The van der Waals surface area contributed by atoms with Gasteiger partial charge in [-0.05, 0) is 18.1 Å². The van der Waals surface area contributed by atoms with Crippen LogP contribution >= 0.6 is 0 Å². The molecule has 1 aliphatic rings. The molecule has 0 saturated heterocycles. The molecule has 0 aromatic heterocycles. The Labute approximate surface area is 136 Å². The van der Waals surface area contributed by atoms with Crippen molar-refractivity contribution < 1.29 is 19.1 Å². The fraction of sp³-hybridized carbons (Fsp3) is 0.471. The van der Waals surface area contributed by atoms with Gasteiger partial charge in [-0.3, -0.25) is 4.79 Å². The van der Waals surface area contributed by atoms with E-state index in [1.54, 1.807) is 24.3 Å². The van der Waals surface area contributed by atoms with E-state index in [1.165, 1.54) is 19.1 Å². The molecule has 0 N–H and O–H groups in total. The predicted molar refractivity (Wildman–Crippen MR) is 86.1 cm³/mol. The first-order valence-corrected chi connectivity index (χ1v) is 7.55. The van der Waals surface area contributed by atoms with Crippen molar-refractivity contribution in [3.05, 3.63) is 35.9 Å². The Morgan fingerprint density at radius 3 is 2.39 bits per heavy atom. The van der Waals surface area contributed by atoms with E-state index < -0.39 is 18.2 Å². The van der Waals surface area contributed by atoms with E-state index >= 15 is 0 Å². The zero-order chi connectivity index (χ0) is 17.0. The van der Waals surface area contributed by atoms with Crippen LogP contribution in [-0.2, 0) is 14.3 Å². The summed E-state index contributed by atoms with van der Waals surface area (Å²) in [6.45, 7) is 3.90. The maximum absolute atomic E-state index is 12.9. The highest BCUT2D eigenvalue weighted by Gasteiger charge is 2.42. The van der Waals surface area contributed by atoms with E-state index in [1.807, 2.05) is 19.9 Å². The van der Waals surface area contributed by atoms with Gasteiger partial charge in [0.2, 0.25) is 0 Å². The van der Waals surface area contributed by atoms with Gasteiger partial charge >= 0.3 is 5.97 Å². The van der Waals surface area contributed by atoms with E-state index in [-0.39, 0.29) is 18.2 Å². The third kappa shape index (κ3) is 3.52. The third-order valence-electron chi connectivity index (χ3n) is 3.83. The second-order valence-electron chi connectivity index (χ2n) is 5.71. The van der Waals surface area contributed by atoms with Crippen LogP contribution in [0.1, 0.15) is 30.6 Å². The van der Waals surface area contributed by atoms with Crippen LogP contribution in [0.25, 0.3) is 0 Å². The fourth-order valence-corrected chi connectivity index (χ4v) is 2.64. The second kappa shape index (κ2) is 7.26. The van der Waals surface area contributed by atoms with Crippen LogP contribution in [-0.4, -0.2) is 49.1 Å². The zero-order valence-electron chi connectivity index (χ0n) is 13.9. The minimum Gasteiger partial charge on any atom is -0.484 e. The Morgan fingerprint density at radius 2 is 1.87 bits per heavy atom. The molecule has 2 rings (SSSR count). The van der Waals surface area contributed by atoms with Gasteiger partial charge in [0.1, 0.15) is 12.2 Å². The Balaban J connectivity index is 2.46. The minimum absolute atomic E-state index is 0.0280. The molecule has 0 fully saturated rings. The Morgan fingerprint density at radius 1 is 1.22 bits per heavy atom. The summed E-state index contributed by atoms with van der Waals surface area (Å²) >= 11 is 0. The average molecular weight is 318 g/mol. The molecule has 6 heteroatoms. The molecule has 6 nitrogen and oxygen atoms in total. The number of nitrogens with zero attached hydrogens (tertiary/aromatic N) is 2. The zero-order valence-corrected chi connectivity index (χ0v) is 13.9. The molecule has 1 aromatic rings. The molecule has 0 spiro atoms. The summed E-state index contributed by atoms with van der Waals surface area (Å²) in [5.74, 6) is -0.223. The highest BCUT2D eigenvalue weighted by molar-refractivity contribution is 5.99. The molecule has 0 aliphatic carbocycles. The number of rotatable bonds is 3. The van der Waals surface area contributed by atoms with E-state index in [4.69, 9.17) is 9.47 Å². The average Bonchev–Trinajstić information content (AvgIpc) is 2.59. The van der Waals surface area contributed by atoms with Gasteiger partial charge < -0.3 is 14.4 Å². The molecule has 1 aromatic carbocycles. The van der Waals surface area contributed by atoms with Gasteiger partial charge in [0.15, 0.2) is 5.90 Å². The topological polar surface area (TPSA) is 68.2 Å². The van der Waals surface area contributed by atoms with Crippen molar-refractivity contribution >= 4 is 17.8 Å². The van der Waals surface area contributed by atoms with E-state index in [0.29, 0.717) is 11.5 Å². The van der Waals surface area contributed by atoms with Crippen molar-refractivity contribution in [3.8, 4) is 0 Å². The largest absolute Gasteiger partial charge is 0.484 e. The number of aliphatic imine (C=N–C) groups is 1. The van der Waals surface area contributed by atoms with Crippen LogP contribution < -0.4 is 0 Å². The number of carbonyl (C=O) groups excluding carboxylic acids is 2. The summed E-state index contributed by atoms with van der Waals surface area (Å²) in [4.78, 5) is 31.2. The first-order chi connectivity index (χ1) is 11.0. The van der Waals surface area contributed by atoms with Crippen LogP contribution in [0.5, 0.6) is 0 Å². The molecule has 0 radical (unpaired) electrons. The molecule has 0 saturated carbocycles. The summed E-state index contributed by atoms with van der Waals surface area (Å²) < 4.78 is 10.1. The predicted octanol–water partition coefficient (Wildman–Crippen LogP) is 2.10. The lowest BCUT2D eigenvalue weighted by atomic mass is 10.0. The number of benzene rings is 1. The molecule has 1 amide bonds. The second-order valence-corrected chi connectivity index (χ2v) is 5.71. The lowest BCUT2D eigenvalue weighted by Gasteiger charge is -2.40. The Kier molecular flexibility index (Phi) is 5.36. The lowest BCUT2D eigenvalue weighted by molar-refractivity contribution is -0.147. The SMILES string of the molecule is COC(=O)C1CC(OC)=NC(C(C)C)N1C(=O)c1ccccc1. The van der Waals surface area contributed by atoms with Crippen molar-refractivity contribution in [2.24, 2.45) is 10.9 Å². The molecule has 0 bridgehead atoms. The number of ether oxygens (including phenoxy) is 2. The maximum Gasteiger partial charge on any atom is 0.329 e. The highest BCUT2D eigenvalue weighted by atomic mass is 16.5. The molecular formula is C17H22N2O4. The van der Waals surface area contributed by atoms with E-state index in [9.17, 15) is 9.59 Å². The van der Waals surface area contributed by atoms with Crippen molar-refractivity contribution in [2.75, 3.05) is 14.2 Å². The number of hydrogen-bond acceptors (Lipinski definition) is 5. The van der Waals surface area contributed by atoms with Gasteiger partial charge in [-0.15, -0.1) is 0 Å². The summed E-state index contributed by atoms with van der Waals surface area (Å²) in [6.07, 6.45) is -0.263. The summed E-state index contributed by atoms with van der Waals surface area (Å²) in [5.41, 5.74) is 0.517. The number of methoxy groups -OCH3 is 2. The van der Waals surface area contributed by atoms with Crippen LogP contribution in [0.2, 0.25) is 0 Å². The van der Waals surface area contributed by atoms with Crippen LogP contribution in [0, 0.1) is 5.92 Å². The van der Waals surface area contributed by atoms with E-state index in [0.717, 1.165) is 0 Å². The molecule has 1 heterocycles. The number of carbonyl (C=O) groups is 2. The van der Waals surface area contributed by atoms with Crippen LogP contribution in [0.4, 0.5) is 0 Å². The van der Waals surface area contributed by atoms with Crippen molar-refractivity contribution in [2.45, 2.75) is 32.5 Å². The molecule has 23 heavy (non-hydrogen) atoms. The Hall–Kier alpha value is -2.37. The maximum atomic E-state index is 12.9. The molecule has 1 aliphatic heterocycles. The van der Waals surface area contributed by atoms with Gasteiger partial charge in [0.05, 0.1) is 20.6 Å². The van der Waals surface area contributed by atoms with Crippen LogP contribution in [0.15, 0.2) is 35.3 Å². The van der Waals surface area contributed by atoms with Gasteiger partial charge in [-0.2, -0.15) is 0 Å². The standard InChI is InChI=1S/C17H22N2O4/c1-11(2)15-18-14(22-3)10-13(17(21)23-4)19(15)16(20)12-8-6-5-7-9-12/h5-9,11,13,15H,10H2,1-4H3. The molecular weight excluding hydrogens is 296 g/mol. The van der Waals surface area contributed by atoms with Gasteiger partial charge in [0.25, 0.3) is 5.91 Å². The minimum atomic E-state index is -0.743. The van der Waals surface area contributed by atoms with Crippen molar-refractivity contribution in [1.29, 1.82) is 0 Å². The first-order valence-electron chi connectivity index (χ1n) is 7.55. The van der Waals surface area contributed by atoms with Crippen LogP contribution in [0.3, 0.4) is 0 Å². The van der Waals surface area contributed by atoms with Gasteiger partial charge in [-0.25, -0.2) is 9.79 Å². The van der Waals surface area contributed by atoms with Gasteiger partial charge in [0, 0.05) is 5.56 Å². The fourth-order valence-electron chi connectivity index (χ4n) is 2.64. The molecule has 2 unspecified atom stereocenters. The summed E-state index contributed by atoms with van der Waals surface area (Å²) in [6, 6.07) is 8.13. The van der Waals surface area contributed by atoms with E-state index in [2.05, 4.69) is 4.99 Å². The van der Waals surface area contributed by atoms with Crippen molar-refractivity contribution in [3.63, 3.8) is 0 Å². The number of esters is 1. The molecule has 2 atom stereocenters. The van der Waals surface area contributed by atoms with Crippen molar-refractivity contribution in [1.82, 2.24) is 4.90 Å². The molecule has 124 valence electrons. The smallest absolute Gasteiger partial charge is 0.329 e. The normalized spacial score (nSPS) is 20.9. The highest BCUT2D eigenvalue weighted by Crippen LogP contribution is 2.26. The number of amides is 1. The lowest BCUT2D eigenvalue weighted by Crippen LogP contribution is -2.56. The first kappa shape index (κ1) is 17.0. The van der Waals surface area contributed by atoms with Gasteiger partial charge in [-0.1, -0.05) is 32.0 Å². The third-order valence-corrected chi connectivity index (χ3v) is 3.83.